The molecule has 0 spiro atoms. The summed E-state index contributed by atoms with van der Waals surface area (Å²) in [7, 11) is 0. The maximum Gasteiger partial charge on any atom is 0.224 e. The lowest BCUT2D eigenvalue weighted by atomic mass is 9.86. The Bertz CT molecular complexity index is 894. The number of para-hydroxylation sites is 1. The van der Waals surface area contributed by atoms with Crippen LogP contribution in [0.3, 0.4) is 0 Å². The molecule has 2 aromatic carbocycles. The van der Waals surface area contributed by atoms with Crippen molar-refractivity contribution in [2.24, 2.45) is 0 Å². The fraction of sp³-hybridized carbons (Fsp3) is 0.250. The molecule has 0 saturated heterocycles. The largest absolute Gasteiger partial charge is 0.325 e. The van der Waals surface area contributed by atoms with E-state index in [0.717, 1.165) is 23.4 Å². The Kier molecular flexibility index (Phi) is 5.70. The summed E-state index contributed by atoms with van der Waals surface area (Å²) in [5.74, 6) is 0.0123. The highest BCUT2D eigenvalue weighted by molar-refractivity contribution is 5.95. The highest BCUT2D eigenvalue weighted by Gasteiger charge is 2.13. The normalized spacial score (nSPS) is 11.2. The summed E-state index contributed by atoms with van der Waals surface area (Å²) in [6.45, 7) is 6.61. The molecule has 1 N–H and O–H groups in total. The van der Waals surface area contributed by atoms with Gasteiger partial charge >= 0.3 is 0 Å². The van der Waals surface area contributed by atoms with Crippen LogP contribution < -0.4 is 5.32 Å². The van der Waals surface area contributed by atoms with Crippen LogP contribution in [-0.2, 0) is 16.6 Å². The van der Waals surface area contributed by atoms with E-state index in [1.54, 1.807) is 6.20 Å². The number of amides is 1. The first-order valence-corrected chi connectivity index (χ1v) is 9.33. The average Bonchev–Trinajstić information content (AvgIpc) is 2.67. The van der Waals surface area contributed by atoms with Crippen molar-refractivity contribution in [3.8, 4) is 11.3 Å². The molecule has 1 aromatic heterocycles. The van der Waals surface area contributed by atoms with Crippen LogP contribution in [0.4, 0.5) is 5.69 Å². The first kappa shape index (κ1) is 18.8. The van der Waals surface area contributed by atoms with E-state index < -0.39 is 0 Å². The number of nitrogens with one attached hydrogen (secondary N) is 1. The lowest BCUT2D eigenvalue weighted by Crippen LogP contribution is -2.13. The van der Waals surface area contributed by atoms with E-state index in [-0.39, 0.29) is 11.3 Å². The van der Waals surface area contributed by atoms with Gasteiger partial charge in [-0.05, 0) is 41.2 Å². The molecular weight excluding hydrogens is 332 g/mol. The molecule has 0 radical (unpaired) electrons. The molecule has 0 aliphatic carbocycles. The maximum absolute atomic E-state index is 12.5. The van der Waals surface area contributed by atoms with Gasteiger partial charge in [0.15, 0.2) is 0 Å². The molecule has 1 heterocycles. The van der Waals surface area contributed by atoms with Gasteiger partial charge in [-0.15, -0.1) is 0 Å². The predicted octanol–water partition coefficient (Wildman–Crippen LogP) is 5.62. The molecule has 0 aliphatic rings. The zero-order valence-electron chi connectivity index (χ0n) is 16.2. The number of carbonyl (C=O) groups excluding carboxylic acids is 1. The molecule has 3 nitrogen and oxygen atoms in total. The van der Waals surface area contributed by atoms with E-state index in [2.05, 4.69) is 55.3 Å². The van der Waals surface area contributed by atoms with Crippen LogP contribution in [0.5, 0.6) is 0 Å². The summed E-state index contributed by atoms with van der Waals surface area (Å²) >= 11 is 0. The molecule has 0 atom stereocenters. The molecule has 0 aliphatic heterocycles. The SMILES string of the molecule is CC(C)(C)c1ccc(CCC(=O)Nc2ccccc2-c2ccccn2)cc1. The first-order chi connectivity index (χ1) is 12.9. The number of nitrogens with zero attached hydrogens (tertiary/aromatic N) is 1. The molecule has 1 amide bonds. The summed E-state index contributed by atoms with van der Waals surface area (Å²) < 4.78 is 0. The smallest absolute Gasteiger partial charge is 0.224 e. The van der Waals surface area contributed by atoms with Crippen LogP contribution in [0.2, 0.25) is 0 Å². The van der Waals surface area contributed by atoms with Gasteiger partial charge in [-0.2, -0.15) is 0 Å². The number of aromatic nitrogens is 1. The molecule has 138 valence electrons. The standard InChI is InChI=1S/C24H26N2O/c1-24(2,3)19-14-11-18(12-15-19)13-16-23(27)26-22-10-5-4-8-20(22)21-9-6-7-17-25-21/h4-12,14-15,17H,13,16H2,1-3H3,(H,26,27). The highest BCUT2D eigenvalue weighted by Crippen LogP contribution is 2.26. The molecular formula is C24H26N2O. The van der Waals surface area contributed by atoms with Crippen LogP contribution in [0, 0.1) is 0 Å². The minimum Gasteiger partial charge on any atom is -0.325 e. The number of carbonyl (C=O) groups is 1. The minimum absolute atomic E-state index is 0.0123. The second-order valence-corrected chi connectivity index (χ2v) is 7.76. The third kappa shape index (κ3) is 5.04. The molecule has 0 bridgehead atoms. The number of benzene rings is 2. The molecule has 0 fully saturated rings. The Morgan fingerprint density at radius 3 is 2.30 bits per heavy atom. The third-order valence-electron chi connectivity index (χ3n) is 4.60. The lowest BCUT2D eigenvalue weighted by Gasteiger charge is -2.19. The Morgan fingerprint density at radius 2 is 1.63 bits per heavy atom. The molecule has 0 saturated carbocycles. The van der Waals surface area contributed by atoms with Crippen molar-refractivity contribution < 1.29 is 4.79 Å². The van der Waals surface area contributed by atoms with Gasteiger partial charge in [0.2, 0.25) is 5.91 Å². The monoisotopic (exact) mass is 358 g/mol. The number of anilines is 1. The van der Waals surface area contributed by atoms with Crippen LogP contribution in [0.15, 0.2) is 72.9 Å². The average molecular weight is 358 g/mol. The van der Waals surface area contributed by atoms with Crippen molar-refractivity contribution in [3.63, 3.8) is 0 Å². The maximum atomic E-state index is 12.5. The van der Waals surface area contributed by atoms with Gasteiger partial charge in [0.1, 0.15) is 0 Å². The number of pyridine rings is 1. The Morgan fingerprint density at radius 1 is 0.926 bits per heavy atom. The van der Waals surface area contributed by atoms with Crippen molar-refractivity contribution >= 4 is 11.6 Å². The quantitative estimate of drug-likeness (QED) is 0.643. The topological polar surface area (TPSA) is 42.0 Å². The van der Waals surface area contributed by atoms with Crippen molar-refractivity contribution in [1.82, 2.24) is 4.98 Å². The van der Waals surface area contributed by atoms with Crippen LogP contribution >= 0.6 is 0 Å². The highest BCUT2D eigenvalue weighted by atomic mass is 16.1. The number of rotatable bonds is 5. The summed E-state index contributed by atoms with van der Waals surface area (Å²) in [5.41, 5.74) is 5.21. The van der Waals surface area contributed by atoms with Crippen molar-refractivity contribution in [3.05, 3.63) is 84.1 Å². The number of hydrogen-bond acceptors (Lipinski definition) is 2. The lowest BCUT2D eigenvalue weighted by molar-refractivity contribution is -0.116. The Hall–Kier alpha value is -2.94. The first-order valence-electron chi connectivity index (χ1n) is 9.33. The van der Waals surface area contributed by atoms with Crippen molar-refractivity contribution in [2.75, 3.05) is 5.32 Å². The van der Waals surface area contributed by atoms with Gasteiger partial charge in [-0.25, -0.2) is 0 Å². The second kappa shape index (κ2) is 8.17. The van der Waals surface area contributed by atoms with Crippen LogP contribution in [-0.4, -0.2) is 10.9 Å². The summed E-state index contributed by atoms with van der Waals surface area (Å²) in [6.07, 6.45) is 2.93. The zero-order valence-corrected chi connectivity index (χ0v) is 16.2. The van der Waals surface area contributed by atoms with E-state index in [4.69, 9.17) is 0 Å². The van der Waals surface area contributed by atoms with E-state index in [9.17, 15) is 4.79 Å². The molecule has 3 aromatic rings. The van der Waals surface area contributed by atoms with Gasteiger partial charge in [-0.1, -0.05) is 69.3 Å². The summed E-state index contributed by atoms with van der Waals surface area (Å²) in [4.78, 5) is 16.9. The van der Waals surface area contributed by atoms with Gasteiger partial charge in [0.25, 0.3) is 0 Å². The number of hydrogen-bond donors (Lipinski definition) is 1. The second-order valence-electron chi connectivity index (χ2n) is 7.76. The summed E-state index contributed by atoms with van der Waals surface area (Å²) in [6, 6.07) is 22.1. The van der Waals surface area contributed by atoms with Gasteiger partial charge < -0.3 is 5.32 Å². The molecule has 27 heavy (non-hydrogen) atoms. The van der Waals surface area contributed by atoms with Gasteiger partial charge in [-0.3, -0.25) is 9.78 Å². The fourth-order valence-corrected chi connectivity index (χ4v) is 2.98. The number of aryl methyl sites for hydroxylation is 1. The zero-order chi connectivity index (χ0) is 19.3. The van der Waals surface area contributed by atoms with Crippen molar-refractivity contribution in [2.45, 2.75) is 39.0 Å². The van der Waals surface area contributed by atoms with Crippen LogP contribution in [0.1, 0.15) is 38.3 Å². The van der Waals surface area contributed by atoms with Crippen molar-refractivity contribution in [1.29, 1.82) is 0 Å². The fourth-order valence-electron chi connectivity index (χ4n) is 2.98. The van der Waals surface area contributed by atoms with Crippen LogP contribution in [0.25, 0.3) is 11.3 Å². The van der Waals surface area contributed by atoms with E-state index in [1.807, 2.05) is 42.5 Å². The molecule has 3 heteroatoms. The predicted molar refractivity (Wildman–Crippen MR) is 112 cm³/mol. The van der Waals surface area contributed by atoms with E-state index in [1.165, 1.54) is 11.1 Å². The molecule has 3 rings (SSSR count). The molecule has 0 unspecified atom stereocenters. The Labute approximate surface area is 161 Å². The van der Waals surface area contributed by atoms with Gasteiger partial charge in [0.05, 0.1) is 11.4 Å². The summed E-state index contributed by atoms with van der Waals surface area (Å²) in [5, 5.41) is 3.04. The van der Waals surface area contributed by atoms with E-state index >= 15 is 0 Å². The minimum atomic E-state index is 0.0123. The van der Waals surface area contributed by atoms with E-state index in [0.29, 0.717) is 6.42 Å². The Balaban J connectivity index is 1.64. The van der Waals surface area contributed by atoms with Gasteiger partial charge in [0, 0.05) is 18.2 Å². The third-order valence-corrected chi connectivity index (χ3v) is 4.60.